The lowest BCUT2D eigenvalue weighted by molar-refractivity contribution is -0.117. The first-order chi connectivity index (χ1) is 6.02. The van der Waals surface area contributed by atoms with E-state index in [4.69, 9.17) is 5.73 Å². The van der Waals surface area contributed by atoms with Gasteiger partial charge in [0, 0.05) is 5.56 Å². The van der Waals surface area contributed by atoms with Gasteiger partial charge in [-0.05, 0) is 12.1 Å². The van der Waals surface area contributed by atoms with E-state index < -0.39 is 35.3 Å². The molecule has 1 rings (SSSR count). The highest BCUT2D eigenvalue weighted by Gasteiger charge is 2.15. The zero-order chi connectivity index (χ0) is 10.0. The van der Waals surface area contributed by atoms with Crippen molar-refractivity contribution in [2.45, 2.75) is 6.42 Å². The molecule has 5 heteroatoms. The van der Waals surface area contributed by atoms with Gasteiger partial charge < -0.3 is 5.73 Å². The quantitative estimate of drug-likeness (QED) is 0.696. The van der Waals surface area contributed by atoms with Gasteiger partial charge in [0.15, 0.2) is 11.6 Å². The molecular formula is C8H6F3NO. The molecule has 0 heterocycles. The van der Waals surface area contributed by atoms with Gasteiger partial charge in [-0.15, -0.1) is 0 Å². The van der Waals surface area contributed by atoms with Crippen LogP contribution in [0.3, 0.4) is 0 Å². The Morgan fingerprint density at radius 3 is 2.31 bits per heavy atom. The van der Waals surface area contributed by atoms with Crippen molar-refractivity contribution in [3.63, 3.8) is 0 Å². The van der Waals surface area contributed by atoms with Gasteiger partial charge >= 0.3 is 0 Å². The second-order valence-electron chi connectivity index (χ2n) is 2.46. The van der Waals surface area contributed by atoms with E-state index in [1.54, 1.807) is 0 Å². The molecule has 0 saturated carbocycles. The third-order valence-electron chi connectivity index (χ3n) is 1.49. The molecule has 1 aromatic rings. The smallest absolute Gasteiger partial charge is 0.222 e. The normalized spacial score (nSPS) is 10.1. The Bertz CT molecular complexity index is 351. The molecule has 0 aliphatic carbocycles. The summed E-state index contributed by atoms with van der Waals surface area (Å²) in [5, 5.41) is 0. The van der Waals surface area contributed by atoms with Crippen LogP contribution in [0.15, 0.2) is 12.1 Å². The van der Waals surface area contributed by atoms with Crippen molar-refractivity contribution in [3.8, 4) is 0 Å². The molecule has 0 spiro atoms. The third-order valence-corrected chi connectivity index (χ3v) is 1.49. The molecule has 0 fully saturated rings. The fourth-order valence-corrected chi connectivity index (χ4v) is 0.905. The third kappa shape index (κ3) is 1.99. The van der Waals surface area contributed by atoms with Gasteiger partial charge in [0.1, 0.15) is 5.82 Å². The molecule has 0 aliphatic heterocycles. The molecule has 1 aromatic carbocycles. The molecule has 0 atom stereocenters. The minimum Gasteiger partial charge on any atom is -0.369 e. The fraction of sp³-hybridized carbons (Fsp3) is 0.125. The Labute approximate surface area is 72.2 Å². The van der Waals surface area contributed by atoms with Crippen molar-refractivity contribution < 1.29 is 18.0 Å². The Kier molecular flexibility index (Phi) is 2.55. The number of primary amides is 1. The van der Waals surface area contributed by atoms with Crippen LogP contribution in [-0.4, -0.2) is 5.91 Å². The Morgan fingerprint density at radius 2 is 1.77 bits per heavy atom. The lowest BCUT2D eigenvalue weighted by atomic mass is 10.1. The molecule has 0 saturated heterocycles. The maximum Gasteiger partial charge on any atom is 0.222 e. The summed E-state index contributed by atoms with van der Waals surface area (Å²) in [6.45, 7) is 0. The lowest BCUT2D eigenvalue weighted by Crippen LogP contribution is -2.16. The van der Waals surface area contributed by atoms with Crippen LogP contribution in [0.1, 0.15) is 5.56 Å². The first-order valence-electron chi connectivity index (χ1n) is 3.43. The van der Waals surface area contributed by atoms with Crippen LogP contribution in [0.25, 0.3) is 0 Å². The molecule has 0 bridgehead atoms. The number of benzene rings is 1. The minimum absolute atomic E-state index is 0.632. The molecule has 0 aliphatic rings. The van der Waals surface area contributed by atoms with Crippen molar-refractivity contribution in [1.29, 1.82) is 0 Å². The number of carbonyl (C=O) groups excluding carboxylic acids is 1. The van der Waals surface area contributed by atoms with Crippen molar-refractivity contribution in [1.82, 2.24) is 0 Å². The highest BCUT2D eigenvalue weighted by molar-refractivity contribution is 5.76. The molecule has 0 unspecified atom stereocenters. The molecular weight excluding hydrogens is 183 g/mol. The minimum atomic E-state index is -1.36. The van der Waals surface area contributed by atoms with Gasteiger partial charge in [-0.25, -0.2) is 13.2 Å². The Hall–Kier alpha value is -1.52. The largest absolute Gasteiger partial charge is 0.369 e. The highest BCUT2D eigenvalue weighted by atomic mass is 19.2. The SMILES string of the molecule is NC(=O)Cc1c(F)ccc(F)c1F. The summed E-state index contributed by atoms with van der Waals surface area (Å²) in [6, 6.07) is 1.39. The van der Waals surface area contributed by atoms with E-state index >= 15 is 0 Å². The maximum atomic E-state index is 12.8. The highest BCUT2D eigenvalue weighted by Crippen LogP contribution is 2.15. The van der Waals surface area contributed by atoms with Crippen LogP contribution in [0, 0.1) is 17.5 Å². The molecule has 1 amide bonds. The summed E-state index contributed by atoms with van der Waals surface area (Å²) >= 11 is 0. The first kappa shape index (κ1) is 9.57. The average Bonchev–Trinajstić information content (AvgIpc) is 2.05. The van der Waals surface area contributed by atoms with Crippen molar-refractivity contribution in [2.24, 2.45) is 5.73 Å². The van der Waals surface area contributed by atoms with Gasteiger partial charge in [-0.1, -0.05) is 0 Å². The summed E-state index contributed by atoms with van der Waals surface area (Å²) in [5.41, 5.74) is 4.09. The van der Waals surface area contributed by atoms with E-state index in [0.717, 1.165) is 6.07 Å². The van der Waals surface area contributed by atoms with Crippen LogP contribution in [0.2, 0.25) is 0 Å². The predicted octanol–water partition coefficient (Wildman–Crippen LogP) is 1.13. The number of halogens is 3. The van der Waals surface area contributed by atoms with Crippen molar-refractivity contribution >= 4 is 5.91 Å². The summed E-state index contributed by atoms with van der Waals surface area (Å²) in [4.78, 5) is 10.4. The summed E-state index contributed by atoms with van der Waals surface area (Å²) in [7, 11) is 0. The molecule has 70 valence electrons. The van der Waals surface area contributed by atoms with E-state index in [9.17, 15) is 18.0 Å². The second kappa shape index (κ2) is 3.47. The van der Waals surface area contributed by atoms with E-state index in [0.29, 0.717) is 6.07 Å². The van der Waals surface area contributed by atoms with Crippen LogP contribution in [-0.2, 0) is 11.2 Å². The van der Waals surface area contributed by atoms with Gasteiger partial charge in [0.2, 0.25) is 5.91 Å². The number of amides is 1. The van der Waals surface area contributed by atoms with Gasteiger partial charge in [0.05, 0.1) is 6.42 Å². The Balaban J connectivity index is 3.17. The van der Waals surface area contributed by atoms with E-state index in [-0.39, 0.29) is 0 Å². The number of carbonyl (C=O) groups is 1. The van der Waals surface area contributed by atoms with Crippen molar-refractivity contribution in [3.05, 3.63) is 35.1 Å². The topological polar surface area (TPSA) is 43.1 Å². The van der Waals surface area contributed by atoms with Crippen molar-refractivity contribution in [2.75, 3.05) is 0 Å². The molecule has 0 radical (unpaired) electrons. The molecule has 13 heavy (non-hydrogen) atoms. The van der Waals surface area contributed by atoms with Gasteiger partial charge in [-0.3, -0.25) is 4.79 Å². The summed E-state index contributed by atoms with van der Waals surface area (Å²) in [5.74, 6) is -4.45. The van der Waals surface area contributed by atoms with Crippen LogP contribution in [0.4, 0.5) is 13.2 Å². The Morgan fingerprint density at radius 1 is 1.23 bits per heavy atom. The van der Waals surface area contributed by atoms with Crippen LogP contribution >= 0.6 is 0 Å². The van der Waals surface area contributed by atoms with E-state index in [1.165, 1.54) is 0 Å². The lowest BCUT2D eigenvalue weighted by Gasteiger charge is -2.02. The fourth-order valence-electron chi connectivity index (χ4n) is 0.905. The standard InChI is InChI=1S/C8H6F3NO/c9-5-1-2-6(10)8(11)4(5)3-7(12)13/h1-2H,3H2,(H2,12,13). The van der Waals surface area contributed by atoms with Crippen LogP contribution in [0.5, 0.6) is 0 Å². The predicted molar refractivity (Wildman–Crippen MR) is 39.2 cm³/mol. The number of hydrogen-bond acceptors (Lipinski definition) is 1. The molecule has 0 aromatic heterocycles. The summed E-state index contributed by atoms with van der Waals surface area (Å²) < 4.78 is 38.1. The number of rotatable bonds is 2. The van der Waals surface area contributed by atoms with E-state index in [1.807, 2.05) is 0 Å². The van der Waals surface area contributed by atoms with Crippen LogP contribution < -0.4 is 5.73 Å². The number of nitrogens with two attached hydrogens (primary N) is 1. The van der Waals surface area contributed by atoms with Gasteiger partial charge in [0.25, 0.3) is 0 Å². The second-order valence-corrected chi connectivity index (χ2v) is 2.46. The number of hydrogen-bond donors (Lipinski definition) is 1. The summed E-state index contributed by atoms with van der Waals surface area (Å²) in [6.07, 6.45) is -0.643. The molecule has 2 N–H and O–H groups in total. The first-order valence-corrected chi connectivity index (χ1v) is 3.43. The van der Waals surface area contributed by atoms with E-state index in [2.05, 4.69) is 0 Å². The molecule has 2 nitrogen and oxygen atoms in total. The zero-order valence-electron chi connectivity index (χ0n) is 6.48. The van der Waals surface area contributed by atoms with Gasteiger partial charge in [-0.2, -0.15) is 0 Å². The monoisotopic (exact) mass is 189 g/mol. The maximum absolute atomic E-state index is 12.8. The average molecular weight is 189 g/mol. The zero-order valence-corrected chi connectivity index (χ0v) is 6.48.